The number of H-pyrrole nitrogens is 1. The van der Waals surface area contributed by atoms with E-state index in [-0.39, 0.29) is 0 Å². The van der Waals surface area contributed by atoms with Gasteiger partial charge in [0.05, 0.1) is 12.9 Å². The van der Waals surface area contributed by atoms with Crippen LogP contribution in [0.2, 0.25) is 0 Å². The summed E-state index contributed by atoms with van der Waals surface area (Å²) in [6, 6.07) is 2.12. The summed E-state index contributed by atoms with van der Waals surface area (Å²) in [6.07, 6.45) is 3.15. The number of nitrogens with zero attached hydrogens (tertiary/aromatic N) is 3. The van der Waals surface area contributed by atoms with Gasteiger partial charge in [-0.25, -0.2) is 15.0 Å². The van der Waals surface area contributed by atoms with Crippen molar-refractivity contribution in [2.75, 3.05) is 5.32 Å². The molecule has 0 unspecified atom stereocenters. The number of aromatic amines is 1. The molecular weight excluding hydrogens is 234 g/mol. The number of hydrogen-bond donors (Lipinski definition) is 2. The number of thiophene rings is 1. The molecule has 3 rings (SSSR count). The van der Waals surface area contributed by atoms with Crippen LogP contribution < -0.4 is 5.32 Å². The summed E-state index contributed by atoms with van der Waals surface area (Å²) in [6.45, 7) is 2.88. The van der Waals surface area contributed by atoms with Gasteiger partial charge in [-0.05, 0) is 23.9 Å². The van der Waals surface area contributed by atoms with Crippen molar-refractivity contribution in [1.29, 1.82) is 0 Å². The second kappa shape index (κ2) is 4.14. The standard InChI is InChI=1S/C11H11N5S/c1-7-2-3-17-8(7)4-12-10-9-11(14-5-13-9)16-6-15-10/h2-3,5-6H,4H2,1H3,(H2,12,13,14,15,16). The van der Waals surface area contributed by atoms with Gasteiger partial charge in [0, 0.05) is 4.88 Å². The van der Waals surface area contributed by atoms with E-state index in [9.17, 15) is 0 Å². The first-order chi connectivity index (χ1) is 8.34. The molecule has 86 valence electrons. The molecule has 0 aliphatic rings. The molecule has 0 aromatic carbocycles. The summed E-state index contributed by atoms with van der Waals surface area (Å²) in [5, 5.41) is 5.40. The van der Waals surface area contributed by atoms with E-state index in [1.165, 1.54) is 16.8 Å². The molecule has 6 heteroatoms. The Balaban J connectivity index is 1.86. The first-order valence-corrected chi connectivity index (χ1v) is 6.13. The number of anilines is 1. The fourth-order valence-corrected chi connectivity index (χ4v) is 2.49. The van der Waals surface area contributed by atoms with Gasteiger partial charge in [-0.15, -0.1) is 11.3 Å². The summed E-state index contributed by atoms with van der Waals surface area (Å²) in [5.41, 5.74) is 2.84. The zero-order valence-corrected chi connectivity index (χ0v) is 10.1. The molecular formula is C11H11N5S. The summed E-state index contributed by atoms with van der Waals surface area (Å²) in [7, 11) is 0. The Labute approximate surface area is 102 Å². The van der Waals surface area contributed by atoms with Gasteiger partial charge in [-0.2, -0.15) is 0 Å². The summed E-state index contributed by atoms with van der Waals surface area (Å²) < 4.78 is 0. The number of aromatic nitrogens is 4. The Hall–Kier alpha value is -1.95. The minimum atomic E-state index is 0.686. The van der Waals surface area contributed by atoms with Gasteiger partial charge < -0.3 is 10.3 Å². The van der Waals surface area contributed by atoms with Gasteiger partial charge in [0.2, 0.25) is 0 Å². The van der Waals surface area contributed by atoms with Crippen LogP contribution in [0.1, 0.15) is 10.4 Å². The highest BCUT2D eigenvalue weighted by Gasteiger charge is 2.06. The van der Waals surface area contributed by atoms with Crippen molar-refractivity contribution in [1.82, 2.24) is 19.9 Å². The monoisotopic (exact) mass is 245 g/mol. The fraction of sp³-hybridized carbons (Fsp3) is 0.182. The lowest BCUT2D eigenvalue weighted by Crippen LogP contribution is -2.02. The number of aryl methyl sites for hydroxylation is 1. The molecule has 5 nitrogen and oxygen atoms in total. The Morgan fingerprint density at radius 1 is 1.35 bits per heavy atom. The first-order valence-electron chi connectivity index (χ1n) is 5.25. The molecule has 0 aliphatic heterocycles. The van der Waals surface area contributed by atoms with Crippen molar-refractivity contribution in [2.45, 2.75) is 13.5 Å². The number of nitrogens with one attached hydrogen (secondary N) is 2. The molecule has 0 radical (unpaired) electrons. The molecule has 17 heavy (non-hydrogen) atoms. The second-order valence-electron chi connectivity index (χ2n) is 3.70. The van der Waals surface area contributed by atoms with Crippen molar-refractivity contribution >= 4 is 28.3 Å². The third kappa shape index (κ3) is 1.87. The lowest BCUT2D eigenvalue weighted by atomic mass is 10.3. The van der Waals surface area contributed by atoms with Crippen molar-refractivity contribution in [3.63, 3.8) is 0 Å². The van der Waals surface area contributed by atoms with Crippen molar-refractivity contribution in [3.8, 4) is 0 Å². The maximum atomic E-state index is 4.22. The highest BCUT2D eigenvalue weighted by Crippen LogP contribution is 2.19. The highest BCUT2D eigenvalue weighted by molar-refractivity contribution is 7.10. The van der Waals surface area contributed by atoms with E-state index in [1.807, 2.05) is 0 Å². The third-order valence-corrected chi connectivity index (χ3v) is 3.63. The average Bonchev–Trinajstić information content (AvgIpc) is 2.95. The molecule has 3 aromatic rings. The number of rotatable bonds is 3. The molecule has 3 aromatic heterocycles. The van der Waals surface area contributed by atoms with Crippen LogP contribution in [0, 0.1) is 6.92 Å². The van der Waals surface area contributed by atoms with E-state index >= 15 is 0 Å². The first kappa shape index (κ1) is 10.2. The van der Waals surface area contributed by atoms with Crippen LogP contribution in [0.4, 0.5) is 5.82 Å². The molecule has 0 amide bonds. The minimum Gasteiger partial charge on any atom is -0.363 e. The lowest BCUT2D eigenvalue weighted by molar-refractivity contribution is 1.11. The van der Waals surface area contributed by atoms with Crippen LogP contribution >= 0.6 is 11.3 Å². The Bertz CT molecular complexity index is 642. The Morgan fingerprint density at radius 3 is 3.12 bits per heavy atom. The molecule has 0 bridgehead atoms. The van der Waals surface area contributed by atoms with Crippen molar-refractivity contribution in [3.05, 3.63) is 34.5 Å². The number of imidazole rings is 1. The number of hydrogen-bond acceptors (Lipinski definition) is 5. The molecule has 2 N–H and O–H groups in total. The van der Waals surface area contributed by atoms with Crippen molar-refractivity contribution < 1.29 is 0 Å². The predicted molar refractivity (Wildman–Crippen MR) is 68.1 cm³/mol. The zero-order chi connectivity index (χ0) is 11.7. The number of fused-ring (bicyclic) bond motifs is 1. The van der Waals surface area contributed by atoms with E-state index in [2.05, 4.69) is 43.6 Å². The normalized spacial score (nSPS) is 10.9. The second-order valence-corrected chi connectivity index (χ2v) is 4.70. The van der Waals surface area contributed by atoms with Crippen LogP contribution in [0.25, 0.3) is 11.2 Å². The van der Waals surface area contributed by atoms with E-state index in [0.717, 1.165) is 17.9 Å². The molecule has 0 saturated heterocycles. The maximum absolute atomic E-state index is 4.22. The maximum Gasteiger partial charge on any atom is 0.182 e. The molecule has 0 saturated carbocycles. The fourth-order valence-electron chi connectivity index (χ4n) is 1.65. The van der Waals surface area contributed by atoms with E-state index in [0.29, 0.717) is 5.65 Å². The van der Waals surface area contributed by atoms with Crippen molar-refractivity contribution in [2.24, 2.45) is 0 Å². The molecule has 0 spiro atoms. The lowest BCUT2D eigenvalue weighted by Gasteiger charge is -2.05. The summed E-state index contributed by atoms with van der Waals surface area (Å²) in [4.78, 5) is 16.7. The minimum absolute atomic E-state index is 0.686. The molecule has 0 aliphatic carbocycles. The molecule has 3 heterocycles. The van der Waals surface area contributed by atoms with Gasteiger partial charge in [0.25, 0.3) is 0 Å². The van der Waals surface area contributed by atoms with Crippen LogP contribution in [-0.4, -0.2) is 19.9 Å². The quantitative estimate of drug-likeness (QED) is 0.743. The van der Waals surface area contributed by atoms with E-state index in [1.54, 1.807) is 17.7 Å². The van der Waals surface area contributed by atoms with Crippen LogP contribution in [0.3, 0.4) is 0 Å². The van der Waals surface area contributed by atoms with Crippen LogP contribution in [0.5, 0.6) is 0 Å². The van der Waals surface area contributed by atoms with Gasteiger partial charge in [0.1, 0.15) is 11.8 Å². The predicted octanol–water partition coefficient (Wildman–Crippen LogP) is 2.33. The summed E-state index contributed by atoms with van der Waals surface area (Å²) in [5.74, 6) is 0.792. The third-order valence-electron chi connectivity index (χ3n) is 2.61. The van der Waals surface area contributed by atoms with Crippen LogP contribution in [0.15, 0.2) is 24.1 Å². The van der Waals surface area contributed by atoms with Gasteiger partial charge >= 0.3 is 0 Å². The van der Waals surface area contributed by atoms with E-state index in [4.69, 9.17) is 0 Å². The largest absolute Gasteiger partial charge is 0.363 e. The smallest absolute Gasteiger partial charge is 0.182 e. The Kier molecular flexibility index (Phi) is 2.49. The Morgan fingerprint density at radius 2 is 2.29 bits per heavy atom. The van der Waals surface area contributed by atoms with Gasteiger partial charge in [-0.3, -0.25) is 0 Å². The molecule has 0 fully saturated rings. The van der Waals surface area contributed by atoms with Crippen LogP contribution in [-0.2, 0) is 6.54 Å². The van der Waals surface area contributed by atoms with Gasteiger partial charge in [-0.1, -0.05) is 0 Å². The highest BCUT2D eigenvalue weighted by atomic mass is 32.1. The SMILES string of the molecule is Cc1ccsc1CNc1ncnc2nc[nH]c12. The zero-order valence-electron chi connectivity index (χ0n) is 9.27. The van der Waals surface area contributed by atoms with Gasteiger partial charge in [0.15, 0.2) is 11.5 Å². The summed E-state index contributed by atoms with van der Waals surface area (Å²) >= 11 is 1.74. The van der Waals surface area contributed by atoms with E-state index < -0.39 is 0 Å². The topological polar surface area (TPSA) is 66.5 Å². The average molecular weight is 245 g/mol. The molecule has 0 atom stereocenters.